The van der Waals surface area contributed by atoms with Crippen molar-refractivity contribution in [3.05, 3.63) is 120 Å². The minimum Gasteiger partial charge on any atom is -0.375 e. The van der Waals surface area contributed by atoms with Crippen molar-refractivity contribution in [1.29, 1.82) is 0 Å². The molecule has 1 aliphatic heterocycles. The number of rotatable bonds is 7. The van der Waals surface area contributed by atoms with Crippen LogP contribution in [0, 0.1) is 0 Å². The van der Waals surface area contributed by atoms with Gasteiger partial charge >= 0.3 is 0 Å². The largest absolute Gasteiger partial charge is 0.375 e. The summed E-state index contributed by atoms with van der Waals surface area (Å²) in [5, 5.41) is 9.58. The molecule has 7 nitrogen and oxygen atoms in total. The van der Waals surface area contributed by atoms with Crippen LogP contribution in [0.25, 0.3) is 16.5 Å². The number of fused-ring (bicyclic) bond motifs is 1. The lowest BCUT2D eigenvalue weighted by Gasteiger charge is -2.29. The molecule has 9 heteroatoms. The highest BCUT2D eigenvalue weighted by Crippen LogP contribution is 2.43. The van der Waals surface area contributed by atoms with Crippen LogP contribution in [-0.2, 0) is 9.53 Å². The molecular formula is C31H26ClN5O2S. The average Bonchev–Trinajstić information content (AvgIpc) is 3.59. The van der Waals surface area contributed by atoms with E-state index >= 15 is 0 Å². The molecule has 40 heavy (non-hydrogen) atoms. The van der Waals surface area contributed by atoms with E-state index in [1.807, 2.05) is 48.5 Å². The number of benzene rings is 3. The molecule has 1 aliphatic rings. The Bertz CT molecular complexity index is 1710. The number of aromatic nitrogens is 2. The smallest absolute Gasteiger partial charge is 0.250 e. The highest BCUT2D eigenvalue weighted by molar-refractivity contribution is 7.80. The zero-order valence-corrected chi connectivity index (χ0v) is 23.2. The van der Waals surface area contributed by atoms with E-state index in [1.54, 1.807) is 12.3 Å². The molecule has 0 spiro atoms. The molecule has 2 atom stereocenters. The topological polar surface area (TPSA) is 71.4 Å². The second-order valence-corrected chi connectivity index (χ2v) is 10.3. The summed E-state index contributed by atoms with van der Waals surface area (Å²) in [6.45, 7) is -0.0577. The number of nitrogens with zero attached hydrogens (tertiary/aromatic N) is 3. The highest BCUT2D eigenvalue weighted by atomic mass is 35.5. The van der Waals surface area contributed by atoms with Gasteiger partial charge < -0.3 is 24.8 Å². The van der Waals surface area contributed by atoms with Gasteiger partial charge in [-0.2, -0.15) is 0 Å². The molecule has 1 saturated heterocycles. The van der Waals surface area contributed by atoms with Crippen molar-refractivity contribution in [3.8, 4) is 5.69 Å². The fourth-order valence-electron chi connectivity index (χ4n) is 5.20. The maximum absolute atomic E-state index is 12.1. The lowest BCUT2D eigenvalue weighted by atomic mass is 10.0. The molecule has 3 aromatic carbocycles. The number of methoxy groups -OCH3 is 1. The molecule has 2 aromatic heterocycles. The number of amides is 1. The molecule has 1 fully saturated rings. The third-order valence-electron chi connectivity index (χ3n) is 6.97. The van der Waals surface area contributed by atoms with Gasteiger partial charge in [0.1, 0.15) is 12.6 Å². The number of carbonyl (C=O) groups excluding carboxylic acids is 1. The Labute approximate surface area is 242 Å². The summed E-state index contributed by atoms with van der Waals surface area (Å²) >= 11 is 12.5. The summed E-state index contributed by atoms with van der Waals surface area (Å²) in [6, 6.07) is 29.8. The van der Waals surface area contributed by atoms with E-state index in [0.717, 1.165) is 28.1 Å². The second-order valence-electron chi connectivity index (χ2n) is 9.48. The quantitative estimate of drug-likeness (QED) is 0.221. The summed E-state index contributed by atoms with van der Waals surface area (Å²) in [4.78, 5) is 18.8. The van der Waals surface area contributed by atoms with Crippen molar-refractivity contribution < 1.29 is 9.53 Å². The average molecular weight is 568 g/mol. The zero-order valence-electron chi connectivity index (χ0n) is 21.6. The van der Waals surface area contributed by atoms with Gasteiger partial charge in [0.15, 0.2) is 5.11 Å². The van der Waals surface area contributed by atoms with Gasteiger partial charge in [0.2, 0.25) is 5.91 Å². The Hall–Kier alpha value is -4.24. The van der Waals surface area contributed by atoms with Gasteiger partial charge in [0.05, 0.1) is 22.4 Å². The van der Waals surface area contributed by atoms with E-state index in [1.165, 1.54) is 12.5 Å². The molecule has 2 unspecified atom stereocenters. The van der Waals surface area contributed by atoms with Crippen molar-refractivity contribution in [2.45, 2.75) is 12.1 Å². The van der Waals surface area contributed by atoms with Crippen LogP contribution in [0.4, 0.5) is 11.4 Å². The standard InChI is InChI=1S/C31H26ClN5O2S/c1-39-19-28(38)34-25-14-13-23(18-24(25)32)37-30(29(35-31(37)40)26-9-4-5-15-33-26)27-10-6-16-36(27)22-12-11-20-7-2-3-8-21(20)17-22/h2-18,29-30H,19H2,1H3,(H,34,38)(H,35,40). The molecule has 200 valence electrons. The van der Waals surface area contributed by atoms with Gasteiger partial charge in [0, 0.05) is 36.6 Å². The minimum atomic E-state index is -0.281. The molecule has 0 bridgehead atoms. The van der Waals surface area contributed by atoms with Crippen molar-refractivity contribution in [1.82, 2.24) is 14.9 Å². The molecule has 0 radical (unpaired) electrons. The number of nitrogens with one attached hydrogen (secondary N) is 2. The molecule has 5 aromatic rings. The Balaban J connectivity index is 1.44. The van der Waals surface area contributed by atoms with Crippen molar-refractivity contribution in [2.75, 3.05) is 23.9 Å². The van der Waals surface area contributed by atoms with E-state index in [9.17, 15) is 4.79 Å². The van der Waals surface area contributed by atoms with E-state index < -0.39 is 0 Å². The lowest BCUT2D eigenvalue weighted by Crippen LogP contribution is -2.30. The van der Waals surface area contributed by atoms with Crippen LogP contribution in [0.2, 0.25) is 5.02 Å². The fraction of sp³-hybridized carbons (Fsp3) is 0.129. The van der Waals surface area contributed by atoms with Crippen LogP contribution in [0.5, 0.6) is 0 Å². The maximum atomic E-state index is 12.1. The van der Waals surface area contributed by atoms with Crippen LogP contribution >= 0.6 is 23.8 Å². The summed E-state index contributed by atoms with van der Waals surface area (Å²) in [7, 11) is 1.47. The second kappa shape index (κ2) is 11.1. The normalized spacial score (nSPS) is 16.8. The summed E-state index contributed by atoms with van der Waals surface area (Å²) in [6.07, 6.45) is 3.85. The summed E-state index contributed by atoms with van der Waals surface area (Å²) < 4.78 is 7.11. The number of pyridine rings is 1. The first kappa shape index (κ1) is 26.0. The van der Waals surface area contributed by atoms with Crippen LogP contribution < -0.4 is 15.5 Å². The Morgan fingerprint density at radius 3 is 2.58 bits per heavy atom. The summed E-state index contributed by atoms with van der Waals surface area (Å²) in [5.41, 5.74) is 4.25. The lowest BCUT2D eigenvalue weighted by molar-refractivity contribution is -0.119. The van der Waals surface area contributed by atoms with Crippen LogP contribution in [0.1, 0.15) is 23.5 Å². The maximum Gasteiger partial charge on any atom is 0.250 e. The van der Waals surface area contributed by atoms with E-state index in [2.05, 4.69) is 67.7 Å². The molecule has 2 N–H and O–H groups in total. The monoisotopic (exact) mass is 567 g/mol. The number of carbonyl (C=O) groups is 1. The number of hydrogen-bond donors (Lipinski definition) is 2. The third kappa shape index (κ3) is 4.93. The number of thiocarbonyl (C=S) groups is 1. The van der Waals surface area contributed by atoms with Crippen LogP contribution in [0.3, 0.4) is 0 Å². The van der Waals surface area contributed by atoms with Crippen LogP contribution in [0.15, 0.2) is 103 Å². The zero-order chi connectivity index (χ0) is 27.6. The summed E-state index contributed by atoms with van der Waals surface area (Å²) in [5.74, 6) is -0.281. The third-order valence-corrected chi connectivity index (χ3v) is 7.60. The van der Waals surface area contributed by atoms with Crippen molar-refractivity contribution in [3.63, 3.8) is 0 Å². The Morgan fingerprint density at radius 2 is 1.80 bits per heavy atom. The molecular weight excluding hydrogens is 542 g/mol. The number of halogens is 1. The molecule has 0 aliphatic carbocycles. The minimum absolute atomic E-state index is 0.0577. The van der Waals surface area contributed by atoms with E-state index in [4.69, 9.17) is 28.6 Å². The molecule has 6 rings (SSSR count). The predicted molar refractivity (Wildman–Crippen MR) is 163 cm³/mol. The van der Waals surface area contributed by atoms with E-state index in [-0.39, 0.29) is 24.6 Å². The highest BCUT2D eigenvalue weighted by Gasteiger charge is 2.42. The Kier molecular flexibility index (Phi) is 7.21. The van der Waals surface area contributed by atoms with Gasteiger partial charge in [-0.3, -0.25) is 9.78 Å². The first-order chi connectivity index (χ1) is 19.5. The molecule has 0 saturated carbocycles. The fourth-order valence-corrected chi connectivity index (χ4v) is 5.77. The van der Waals surface area contributed by atoms with Gasteiger partial charge in [-0.1, -0.05) is 48.0 Å². The van der Waals surface area contributed by atoms with Gasteiger partial charge in [-0.05, 0) is 77.6 Å². The molecule has 1 amide bonds. The van der Waals surface area contributed by atoms with Gasteiger partial charge in [0.25, 0.3) is 0 Å². The molecule has 3 heterocycles. The van der Waals surface area contributed by atoms with Gasteiger partial charge in [-0.15, -0.1) is 0 Å². The predicted octanol–water partition coefficient (Wildman–Crippen LogP) is 6.44. The number of ether oxygens (including phenoxy) is 1. The SMILES string of the molecule is COCC(=O)Nc1ccc(N2C(=S)NC(c3ccccn3)C2c2cccn2-c2ccc3ccccc3c2)cc1Cl. The van der Waals surface area contributed by atoms with Gasteiger partial charge in [-0.25, -0.2) is 0 Å². The van der Waals surface area contributed by atoms with Crippen LogP contribution in [-0.4, -0.2) is 34.3 Å². The first-order valence-corrected chi connectivity index (χ1v) is 13.6. The van der Waals surface area contributed by atoms with Crippen molar-refractivity contribution >= 4 is 57.0 Å². The first-order valence-electron chi connectivity index (χ1n) is 12.8. The number of anilines is 2. The van der Waals surface area contributed by atoms with E-state index in [0.29, 0.717) is 15.8 Å². The number of hydrogen-bond acceptors (Lipinski definition) is 4. The Morgan fingerprint density at radius 1 is 1.00 bits per heavy atom. The van der Waals surface area contributed by atoms with Crippen molar-refractivity contribution in [2.24, 2.45) is 0 Å².